The molecule has 0 unspecified atom stereocenters. The highest BCUT2D eigenvalue weighted by Gasteiger charge is 2.43. The van der Waals surface area contributed by atoms with Crippen molar-refractivity contribution in [1.29, 1.82) is 0 Å². The molecule has 0 amide bonds. The van der Waals surface area contributed by atoms with Crippen LogP contribution in [-0.2, 0) is 4.84 Å². The smallest absolute Gasteiger partial charge is 0.297 e. The van der Waals surface area contributed by atoms with Gasteiger partial charge in [0.15, 0.2) is 11.8 Å². The highest BCUT2D eigenvalue weighted by molar-refractivity contribution is 6.04. The van der Waals surface area contributed by atoms with E-state index in [1.165, 1.54) is 0 Å². The molecule has 0 saturated carbocycles. The third kappa shape index (κ3) is 1.76. The zero-order chi connectivity index (χ0) is 11.5. The fourth-order valence-electron chi connectivity index (χ4n) is 1.78. The molecule has 5 nitrogen and oxygen atoms in total. The molecule has 1 aromatic rings. The van der Waals surface area contributed by atoms with E-state index in [1.807, 2.05) is 25.1 Å². The summed E-state index contributed by atoms with van der Waals surface area (Å²) < 4.78 is 0. The van der Waals surface area contributed by atoms with Gasteiger partial charge in [-0.25, -0.2) is 0 Å². The maximum atomic E-state index is 11.0. The van der Waals surface area contributed by atoms with Crippen LogP contribution in [0.15, 0.2) is 35.5 Å². The van der Waals surface area contributed by atoms with E-state index < -0.39 is 12.1 Å². The predicted molar refractivity (Wildman–Crippen MR) is 58.9 cm³/mol. The third-order valence-electron chi connectivity index (χ3n) is 2.62. The monoisotopic (exact) mass is 220 g/mol. The lowest BCUT2D eigenvalue weighted by atomic mass is 9.99. The molecule has 1 aliphatic rings. The minimum Gasteiger partial charge on any atom is -0.384 e. The highest BCUT2D eigenvalue weighted by Crippen LogP contribution is 2.21. The van der Waals surface area contributed by atoms with Crippen LogP contribution < -0.4 is 0 Å². The molecule has 1 aromatic carbocycles. The number of rotatable bonds is 3. The van der Waals surface area contributed by atoms with E-state index in [0.717, 1.165) is 5.56 Å². The first-order valence-corrected chi connectivity index (χ1v) is 5.16. The van der Waals surface area contributed by atoms with E-state index >= 15 is 0 Å². The van der Waals surface area contributed by atoms with Gasteiger partial charge in [0.2, 0.25) is 0 Å². The van der Waals surface area contributed by atoms with E-state index in [0.29, 0.717) is 12.1 Å². The van der Waals surface area contributed by atoms with Gasteiger partial charge < -0.3 is 4.84 Å². The fraction of sp³-hybridized carbons (Fsp3) is 0.364. The van der Waals surface area contributed by atoms with Crippen LogP contribution in [0.5, 0.6) is 0 Å². The summed E-state index contributed by atoms with van der Waals surface area (Å²) in [6.45, 7) is 1.85. The van der Waals surface area contributed by atoms with Crippen molar-refractivity contribution in [3.05, 3.63) is 46.0 Å². The predicted octanol–water partition coefficient (Wildman–Crippen LogP) is 1.84. The van der Waals surface area contributed by atoms with Crippen LogP contribution >= 0.6 is 0 Å². The normalized spacial score (nSPS) is 23.7. The van der Waals surface area contributed by atoms with E-state index in [4.69, 9.17) is 4.84 Å². The van der Waals surface area contributed by atoms with E-state index in [-0.39, 0.29) is 4.92 Å². The van der Waals surface area contributed by atoms with Gasteiger partial charge in [0, 0.05) is 10.5 Å². The topological polar surface area (TPSA) is 64.7 Å². The van der Waals surface area contributed by atoms with Crippen molar-refractivity contribution in [2.24, 2.45) is 5.16 Å². The highest BCUT2D eigenvalue weighted by atomic mass is 16.7. The number of oxime groups is 1. The van der Waals surface area contributed by atoms with Crippen LogP contribution in [0.4, 0.5) is 0 Å². The maximum Gasteiger partial charge on any atom is 0.297 e. The number of benzene rings is 1. The summed E-state index contributed by atoms with van der Waals surface area (Å²) in [4.78, 5) is 15.8. The Labute approximate surface area is 92.9 Å². The second-order valence-corrected chi connectivity index (χ2v) is 3.62. The first-order valence-electron chi connectivity index (χ1n) is 5.16. The quantitative estimate of drug-likeness (QED) is 0.576. The molecule has 0 bridgehead atoms. The zero-order valence-corrected chi connectivity index (χ0v) is 8.87. The van der Waals surface area contributed by atoms with Crippen molar-refractivity contribution in [1.82, 2.24) is 0 Å². The molecule has 1 heterocycles. The van der Waals surface area contributed by atoms with E-state index in [2.05, 4.69) is 5.16 Å². The molecule has 0 aliphatic carbocycles. The molecule has 0 fully saturated rings. The van der Waals surface area contributed by atoms with Crippen LogP contribution in [0.2, 0.25) is 0 Å². The first kappa shape index (κ1) is 10.6. The lowest BCUT2D eigenvalue weighted by Gasteiger charge is -2.09. The van der Waals surface area contributed by atoms with Crippen molar-refractivity contribution in [3.8, 4) is 0 Å². The second kappa shape index (κ2) is 4.30. The average molecular weight is 220 g/mol. The van der Waals surface area contributed by atoms with Gasteiger partial charge in [0.1, 0.15) is 0 Å². The Morgan fingerprint density at radius 1 is 1.44 bits per heavy atom. The largest absolute Gasteiger partial charge is 0.384 e. The molecule has 0 spiro atoms. The van der Waals surface area contributed by atoms with E-state index in [1.54, 1.807) is 12.1 Å². The molecular formula is C11H12N2O3. The Balaban J connectivity index is 2.32. The number of nitrogens with zero attached hydrogens (tertiary/aromatic N) is 2. The lowest BCUT2D eigenvalue weighted by Crippen LogP contribution is -2.36. The van der Waals surface area contributed by atoms with Crippen LogP contribution in [0.1, 0.15) is 18.9 Å². The minimum atomic E-state index is -0.854. The molecule has 0 N–H and O–H groups in total. The average Bonchev–Trinajstić information content (AvgIpc) is 2.73. The summed E-state index contributed by atoms with van der Waals surface area (Å²) in [6.07, 6.45) is 0.121. The van der Waals surface area contributed by atoms with Gasteiger partial charge in [-0.15, -0.1) is 0 Å². The Bertz CT molecular complexity index is 416. The Morgan fingerprint density at radius 2 is 2.12 bits per heavy atom. The molecular weight excluding hydrogens is 208 g/mol. The molecule has 0 saturated heterocycles. The fourth-order valence-corrected chi connectivity index (χ4v) is 1.78. The standard InChI is InChI=1S/C11H12N2O3/c1-2-9-11(13(14)15)10(12-16-9)8-6-4-3-5-7-8/h3-7,9,11H,2H2,1H3/t9-,11-/m0/s1. The summed E-state index contributed by atoms with van der Waals surface area (Å²) in [5, 5.41) is 14.8. The van der Waals surface area contributed by atoms with Gasteiger partial charge in [-0.1, -0.05) is 42.4 Å². The van der Waals surface area contributed by atoms with Gasteiger partial charge in [0.25, 0.3) is 6.04 Å². The van der Waals surface area contributed by atoms with Crippen molar-refractivity contribution < 1.29 is 9.76 Å². The summed E-state index contributed by atoms with van der Waals surface area (Å²) >= 11 is 0. The summed E-state index contributed by atoms with van der Waals surface area (Å²) in [7, 11) is 0. The third-order valence-corrected chi connectivity index (χ3v) is 2.62. The molecule has 1 aliphatic heterocycles. The van der Waals surface area contributed by atoms with Crippen molar-refractivity contribution in [2.75, 3.05) is 0 Å². The van der Waals surface area contributed by atoms with Gasteiger partial charge in [-0.3, -0.25) is 10.1 Å². The van der Waals surface area contributed by atoms with Gasteiger partial charge in [-0.05, 0) is 6.42 Å². The van der Waals surface area contributed by atoms with Gasteiger partial charge in [0.05, 0.1) is 0 Å². The molecule has 16 heavy (non-hydrogen) atoms. The molecule has 2 rings (SSSR count). The van der Waals surface area contributed by atoms with Crippen molar-refractivity contribution in [3.63, 3.8) is 0 Å². The molecule has 0 aromatic heterocycles. The SMILES string of the molecule is CC[C@@H]1ON=C(c2ccccc2)[C@H]1[N+](=O)[O-]. The molecule has 5 heteroatoms. The number of hydrogen-bond donors (Lipinski definition) is 0. The molecule has 0 radical (unpaired) electrons. The zero-order valence-electron chi connectivity index (χ0n) is 8.87. The Kier molecular flexibility index (Phi) is 2.85. The van der Waals surface area contributed by atoms with Crippen LogP contribution in [0.3, 0.4) is 0 Å². The summed E-state index contributed by atoms with van der Waals surface area (Å²) in [5.41, 5.74) is 1.16. The van der Waals surface area contributed by atoms with Crippen LogP contribution in [0.25, 0.3) is 0 Å². The van der Waals surface area contributed by atoms with Gasteiger partial charge >= 0.3 is 0 Å². The number of nitro groups is 1. The van der Waals surface area contributed by atoms with Crippen LogP contribution in [-0.4, -0.2) is 22.8 Å². The first-order chi connectivity index (χ1) is 7.74. The second-order valence-electron chi connectivity index (χ2n) is 3.62. The van der Waals surface area contributed by atoms with Gasteiger partial charge in [-0.2, -0.15) is 0 Å². The maximum absolute atomic E-state index is 11.0. The Hall–Kier alpha value is -1.91. The molecule has 84 valence electrons. The summed E-state index contributed by atoms with van der Waals surface area (Å²) in [5.74, 6) is 0. The minimum absolute atomic E-state index is 0.326. The molecule has 2 atom stereocenters. The Morgan fingerprint density at radius 3 is 2.69 bits per heavy atom. The van der Waals surface area contributed by atoms with E-state index in [9.17, 15) is 10.1 Å². The van der Waals surface area contributed by atoms with Crippen molar-refractivity contribution in [2.45, 2.75) is 25.5 Å². The number of hydrogen-bond acceptors (Lipinski definition) is 4. The van der Waals surface area contributed by atoms with Crippen molar-refractivity contribution >= 4 is 5.71 Å². The lowest BCUT2D eigenvalue weighted by molar-refractivity contribution is -0.511. The summed E-state index contributed by atoms with van der Waals surface area (Å²) in [6, 6.07) is 8.26. The van der Waals surface area contributed by atoms with Crippen LogP contribution in [0, 0.1) is 10.1 Å².